The molecule has 204 valence electrons. The minimum atomic E-state index is -0.668. The third-order valence-corrected chi connectivity index (χ3v) is 7.33. The number of aliphatic hydroxyl groups is 1. The van der Waals surface area contributed by atoms with Gasteiger partial charge >= 0.3 is 0 Å². The van der Waals surface area contributed by atoms with Crippen LogP contribution in [0.5, 0.6) is 0 Å². The van der Waals surface area contributed by atoms with Crippen molar-refractivity contribution in [1.29, 1.82) is 0 Å². The first kappa shape index (κ1) is 30.3. The lowest BCUT2D eigenvalue weighted by atomic mass is 10.1. The van der Waals surface area contributed by atoms with Crippen molar-refractivity contribution in [3.8, 4) is 0 Å². The molecule has 2 heterocycles. The van der Waals surface area contributed by atoms with Crippen LogP contribution in [-0.2, 0) is 0 Å². The molecule has 10 heteroatoms. The molecule has 0 radical (unpaired) electrons. The molecule has 0 bridgehead atoms. The molecule has 2 aromatic heterocycles. The second-order valence-electron chi connectivity index (χ2n) is 8.92. The fourth-order valence-corrected chi connectivity index (χ4v) is 4.79. The Balaban J connectivity index is 0.000000216. The van der Waals surface area contributed by atoms with Gasteiger partial charge in [0.1, 0.15) is 11.6 Å². The zero-order valence-electron chi connectivity index (χ0n) is 21.3. The van der Waals surface area contributed by atoms with Crippen LogP contribution in [0.4, 0.5) is 8.78 Å². The molecule has 0 spiro atoms. The maximum absolute atomic E-state index is 13.0. The van der Waals surface area contributed by atoms with Gasteiger partial charge in [0, 0.05) is 18.0 Å². The standard InChI is InChI=1S/C15H15BrFNO2.C14H11BrFNO2/c1-9(11-3-5-13(17)6-4-11)18-8-12(10(2)19)7-14(16)15(18)20;1-9(11-2-4-12(16)5-3-11)17-7-10(8-18)6-13(15)14(17)19/h3-10,19H,1-2H3;2-9H,1H3/t9-,10?;9-/m00/s1. The zero-order chi connectivity index (χ0) is 28.9. The summed E-state index contributed by atoms with van der Waals surface area (Å²) >= 11 is 6.35. The number of nitrogens with zero attached hydrogens (tertiary/aromatic N) is 2. The number of halogens is 4. The van der Waals surface area contributed by atoms with E-state index in [2.05, 4.69) is 31.9 Å². The lowest BCUT2D eigenvalue weighted by Crippen LogP contribution is -2.25. The van der Waals surface area contributed by atoms with Crippen LogP contribution < -0.4 is 11.1 Å². The van der Waals surface area contributed by atoms with E-state index in [0.717, 1.165) is 11.1 Å². The van der Waals surface area contributed by atoms with Gasteiger partial charge in [0.25, 0.3) is 11.1 Å². The van der Waals surface area contributed by atoms with Crippen LogP contribution in [0.25, 0.3) is 0 Å². The molecule has 6 nitrogen and oxygen atoms in total. The second-order valence-corrected chi connectivity index (χ2v) is 10.6. The lowest BCUT2D eigenvalue weighted by Gasteiger charge is -2.18. The summed E-state index contributed by atoms with van der Waals surface area (Å²) in [7, 11) is 0. The summed E-state index contributed by atoms with van der Waals surface area (Å²) in [6.07, 6.45) is 3.14. The van der Waals surface area contributed by atoms with Crippen molar-refractivity contribution in [2.24, 2.45) is 0 Å². The maximum Gasteiger partial charge on any atom is 0.265 e. The molecule has 1 N–H and O–H groups in total. The average Bonchev–Trinajstić information content (AvgIpc) is 2.92. The third-order valence-electron chi connectivity index (χ3n) is 6.20. The van der Waals surface area contributed by atoms with Gasteiger partial charge in [0.05, 0.1) is 27.1 Å². The number of hydrogen-bond acceptors (Lipinski definition) is 4. The highest BCUT2D eigenvalue weighted by Crippen LogP contribution is 2.21. The number of carbonyl (C=O) groups is 1. The minimum Gasteiger partial charge on any atom is -0.389 e. The number of benzene rings is 2. The first-order chi connectivity index (χ1) is 18.4. The summed E-state index contributed by atoms with van der Waals surface area (Å²) in [6.45, 7) is 5.31. The van der Waals surface area contributed by atoms with Crippen molar-refractivity contribution >= 4 is 38.1 Å². The van der Waals surface area contributed by atoms with Gasteiger partial charge < -0.3 is 14.2 Å². The van der Waals surface area contributed by atoms with E-state index in [4.69, 9.17) is 0 Å². The second kappa shape index (κ2) is 13.2. The van der Waals surface area contributed by atoms with E-state index in [1.54, 1.807) is 43.5 Å². The first-order valence-corrected chi connectivity index (χ1v) is 13.5. The van der Waals surface area contributed by atoms with E-state index in [-0.39, 0.29) is 34.8 Å². The Labute approximate surface area is 240 Å². The molecule has 39 heavy (non-hydrogen) atoms. The number of hydrogen-bond donors (Lipinski definition) is 1. The minimum absolute atomic E-state index is 0.189. The van der Waals surface area contributed by atoms with Crippen LogP contribution in [0.2, 0.25) is 0 Å². The van der Waals surface area contributed by atoms with Crippen LogP contribution in [-0.4, -0.2) is 20.5 Å². The van der Waals surface area contributed by atoms with Crippen molar-refractivity contribution in [1.82, 2.24) is 9.13 Å². The van der Waals surface area contributed by atoms with Gasteiger partial charge in [-0.2, -0.15) is 0 Å². The number of aromatic nitrogens is 2. The Hall–Kier alpha value is -3.21. The molecule has 0 aliphatic rings. The monoisotopic (exact) mass is 662 g/mol. The van der Waals surface area contributed by atoms with Crippen molar-refractivity contribution in [2.75, 3.05) is 0 Å². The van der Waals surface area contributed by atoms with Crippen LogP contribution in [0, 0.1) is 11.6 Å². The molecule has 4 rings (SSSR count). The fraction of sp³-hybridized carbons (Fsp3) is 0.207. The molecular weight excluding hydrogens is 638 g/mol. The normalized spacial score (nSPS) is 13.1. The molecule has 2 aromatic carbocycles. The fourth-order valence-electron chi connectivity index (χ4n) is 3.85. The van der Waals surface area contributed by atoms with E-state index < -0.39 is 6.10 Å². The molecule has 0 fully saturated rings. The van der Waals surface area contributed by atoms with Crippen molar-refractivity contribution in [3.63, 3.8) is 0 Å². The number of aldehydes is 1. The Kier molecular flexibility index (Phi) is 10.3. The van der Waals surface area contributed by atoms with Crippen molar-refractivity contribution in [2.45, 2.75) is 39.0 Å². The quantitative estimate of drug-likeness (QED) is 0.236. The molecule has 0 aliphatic heterocycles. The van der Waals surface area contributed by atoms with Gasteiger partial charge in [-0.15, -0.1) is 0 Å². The van der Waals surface area contributed by atoms with Gasteiger partial charge in [-0.1, -0.05) is 24.3 Å². The largest absolute Gasteiger partial charge is 0.389 e. The van der Waals surface area contributed by atoms with Gasteiger partial charge in [0.2, 0.25) is 0 Å². The Morgan fingerprint density at radius 2 is 1.13 bits per heavy atom. The Morgan fingerprint density at radius 3 is 1.54 bits per heavy atom. The van der Waals surface area contributed by atoms with E-state index in [1.807, 2.05) is 13.8 Å². The predicted octanol–water partition coefficient (Wildman–Crippen LogP) is 6.58. The molecule has 0 aliphatic carbocycles. The van der Waals surface area contributed by atoms with Crippen LogP contribution >= 0.6 is 31.9 Å². The summed E-state index contributed by atoms with van der Waals surface area (Å²) in [5.74, 6) is -0.640. The molecule has 0 amide bonds. The summed E-state index contributed by atoms with van der Waals surface area (Å²) in [6, 6.07) is 14.5. The lowest BCUT2D eigenvalue weighted by molar-refractivity contribution is 0.112. The third kappa shape index (κ3) is 7.46. The van der Waals surface area contributed by atoms with Gasteiger partial charge in [-0.3, -0.25) is 14.4 Å². The highest BCUT2D eigenvalue weighted by molar-refractivity contribution is 9.10. The summed E-state index contributed by atoms with van der Waals surface area (Å²) in [4.78, 5) is 35.1. The average molecular weight is 664 g/mol. The molecular formula is C29H26Br2F2N2O4. The zero-order valence-corrected chi connectivity index (χ0v) is 24.5. The van der Waals surface area contributed by atoms with E-state index in [9.17, 15) is 28.3 Å². The summed E-state index contributed by atoms with van der Waals surface area (Å²) in [5.41, 5.74) is 2.24. The van der Waals surface area contributed by atoms with Crippen LogP contribution in [0.3, 0.4) is 0 Å². The highest BCUT2D eigenvalue weighted by Gasteiger charge is 2.15. The number of carbonyl (C=O) groups excluding carboxylic acids is 1. The smallest absolute Gasteiger partial charge is 0.265 e. The van der Waals surface area contributed by atoms with Crippen molar-refractivity contribution in [3.05, 3.63) is 137 Å². The van der Waals surface area contributed by atoms with Gasteiger partial charge in [-0.25, -0.2) is 8.78 Å². The topological polar surface area (TPSA) is 81.3 Å². The number of rotatable bonds is 6. The molecule has 4 aromatic rings. The first-order valence-electron chi connectivity index (χ1n) is 11.9. The van der Waals surface area contributed by atoms with Gasteiger partial charge in [-0.05, 0) is 106 Å². The van der Waals surface area contributed by atoms with E-state index in [1.165, 1.54) is 45.7 Å². The predicted molar refractivity (Wildman–Crippen MR) is 153 cm³/mol. The molecule has 0 saturated heterocycles. The van der Waals surface area contributed by atoms with E-state index in [0.29, 0.717) is 26.4 Å². The Bertz CT molecular complexity index is 1570. The summed E-state index contributed by atoms with van der Waals surface area (Å²) in [5, 5.41) is 9.67. The van der Waals surface area contributed by atoms with Crippen molar-refractivity contribution < 1.29 is 18.7 Å². The number of aliphatic hydroxyl groups excluding tert-OH is 1. The molecule has 1 unspecified atom stereocenters. The van der Waals surface area contributed by atoms with Crippen LogP contribution in [0.15, 0.2) is 91.6 Å². The van der Waals surface area contributed by atoms with Crippen LogP contribution in [0.1, 0.15) is 66.0 Å². The van der Waals surface area contributed by atoms with Gasteiger partial charge in [0.15, 0.2) is 6.29 Å². The van der Waals surface area contributed by atoms with E-state index >= 15 is 0 Å². The maximum atomic E-state index is 13.0. The SMILES string of the molecule is CC(O)c1cc(Br)c(=O)n([C@@H](C)c2ccc(F)cc2)c1.C[C@@H](c1ccc(F)cc1)n1cc(C=O)cc(Br)c1=O. The molecule has 0 saturated carbocycles. The Morgan fingerprint density at radius 1 is 0.718 bits per heavy atom. The molecule has 3 atom stereocenters. The number of pyridine rings is 2. The summed E-state index contributed by atoms with van der Waals surface area (Å²) < 4.78 is 29.5. The highest BCUT2D eigenvalue weighted by atomic mass is 79.9.